The Morgan fingerprint density at radius 3 is 1.87 bits per heavy atom. The topological polar surface area (TPSA) is 70.2 Å². The average molecular weight is 674 g/mol. The predicted octanol–water partition coefficient (Wildman–Crippen LogP) is 7.10. The highest BCUT2D eigenvalue weighted by molar-refractivity contribution is 5.82. The second-order valence-corrected chi connectivity index (χ2v) is 13.2. The highest BCUT2D eigenvalue weighted by Crippen LogP contribution is 2.38. The molecule has 2 unspecified atom stereocenters. The van der Waals surface area contributed by atoms with Crippen LogP contribution in [0.5, 0.6) is 0 Å². The maximum absolute atomic E-state index is 13.8. The largest absolute Gasteiger partial charge is 0.444 e. The van der Waals surface area contributed by atoms with Crippen LogP contribution in [0.4, 0.5) is 35.5 Å². The molecule has 2 fully saturated rings. The summed E-state index contributed by atoms with van der Waals surface area (Å²) in [7, 11) is 1.30. The second kappa shape index (κ2) is 13.7. The summed E-state index contributed by atoms with van der Waals surface area (Å²) in [5.41, 5.74) is -3.39. The molecule has 0 bridgehead atoms. The molecule has 47 heavy (non-hydrogen) atoms. The van der Waals surface area contributed by atoms with Gasteiger partial charge in [0.2, 0.25) is 11.8 Å². The lowest BCUT2D eigenvalue weighted by molar-refractivity contribution is -0.144. The molecule has 2 aliphatic heterocycles. The number of amides is 3. The Labute approximate surface area is 268 Å². The van der Waals surface area contributed by atoms with E-state index < -0.39 is 65.3 Å². The lowest BCUT2D eigenvalue weighted by Gasteiger charge is -2.42. The molecule has 0 saturated carbocycles. The molecule has 2 aromatic rings. The van der Waals surface area contributed by atoms with Crippen molar-refractivity contribution in [2.45, 2.75) is 70.4 Å². The van der Waals surface area contributed by atoms with Gasteiger partial charge in [-0.2, -0.15) is 26.3 Å². The second-order valence-electron chi connectivity index (χ2n) is 13.2. The van der Waals surface area contributed by atoms with E-state index in [0.29, 0.717) is 43.6 Å². The first-order valence-electron chi connectivity index (χ1n) is 15.3. The molecule has 258 valence electrons. The van der Waals surface area contributed by atoms with Crippen LogP contribution in [-0.2, 0) is 33.2 Å². The molecule has 0 spiro atoms. The van der Waals surface area contributed by atoms with Crippen molar-refractivity contribution in [2.75, 3.05) is 33.2 Å². The first-order valence-corrected chi connectivity index (χ1v) is 15.3. The molecule has 7 nitrogen and oxygen atoms in total. The molecule has 2 aromatic carbocycles. The zero-order chi connectivity index (χ0) is 34.9. The summed E-state index contributed by atoms with van der Waals surface area (Å²) in [6.45, 7) is 5.73. The van der Waals surface area contributed by atoms with Crippen LogP contribution >= 0.6 is 0 Å². The van der Waals surface area contributed by atoms with Crippen LogP contribution in [0.2, 0.25) is 0 Å². The van der Waals surface area contributed by atoms with E-state index in [1.165, 1.54) is 31.3 Å². The SMILES string of the molecule is CN(Cc1cc(C(F)(F)F)cc(C(F)(F)F)c1)C(=O)C1CCN(C(=O)C2CCN(C(=O)OC(C)(C)C)CC2)CC1c1ccc(F)cc1. The summed E-state index contributed by atoms with van der Waals surface area (Å²) < 4.78 is 99.7. The molecule has 2 heterocycles. The Balaban J connectivity index is 1.50. The fourth-order valence-electron chi connectivity index (χ4n) is 6.13. The van der Waals surface area contributed by atoms with Gasteiger partial charge < -0.3 is 19.4 Å². The van der Waals surface area contributed by atoms with E-state index >= 15 is 0 Å². The van der Waals surface area contributed by atoms with Gasteiger partial charge in [-0.25, -0.2) is 9.18 Å². The number of benzene rings is 2. The van der Waals surface area contributed by atoms with Crippen molar-refractivity contribution >= 4 is 17.9 Å². The van der Waals surface area contributed by atoms with Crippen LogP contribution < -0.4 is 0 Å². The van der Waals surface area contributed by atoms with E-state index in [2.05, 4.69) is 0 Å². The van der Waals surface area contributed by atoms with E-state index in [4.69, 9.17) is 4.74 Å². The van der Waals surface area contributed by atoms with Gasteiger partial charge in [0.1, 0.15) is 11.4 Å². The van der Waals surface area contributed by atoms with Crippen molar-refractivity contribution < 1.29 is 49.9 Å². The van der Waals surface area contributed by atoms with Crippen molar-refractivity contribution in [3.05, 3.63) is 70.5 Å². The van der Waals surface area contributed by atoms with Crippen LogP contribution in [0.3, 0.4) is 0 Å². The molecule has 2 saturated heterocycles. The lowest BCUT2D eigenvalue weighted by atomic mass is 9.79. The summed E-state index contributed by atoms with van der Waals surface area (Å²) in [6.07, 6.45) is -9.52. The van der Waals surface area contributed by atoms with Gasteiger partial charge in [0.25, 0.3) is 0 Å². The van der Waals surface area contributed by atoms with Gasteiger partial charge in [0, 0.05) is 57.5 Å². The van der Waals surface area contributed by atoms with E-state index in [9.17, 15) is 45.1 Å². The quantitative estimate of drug-likeness (QED) is 0.318. The number of hydrogen-bond donors (Lipinski definition) is 0. The minimum absolute atomic E-state index is 0.0317. The molecular weight excluding hydrogens is 635 g/mol. The van der Waals surface area contributed by atoms with Gasteiger partial charge in [-0.3, -0.25) is 9.59 Å². The molecule has 4 rings (SSSR count). The maximum Gasteiger partial charge on any atom is 0.416 e. The number of carbonyl (C=O) groups excluding carboxylic acids is 3. The minimum Gasteiger partial charge on any atom is -0.444 e. The minimum atomic E-state index is -5.03. The highest BCUT2D eigenvalue weighted by Gasteiger charge is 2.41. The van der Waals surface area contributed by atoms with E-state index in [-0.39, 0.29) is 43.0 Å². The third-order valence-electron chi connectivity index (χ3n) is 8.48. The van der Waals surface area contributed by atoms with Crippen LogP contribution in [0.1, 0.15) is 68.2 Å². The maximum atomic E-state index is 13.8. The molecule has 0 aliphatic carbocycles. The lowest BCUT2D eigenvalue weighted by Crippen LogP contribution is -2.51. The van der Waals surface area contributed by atoms with Crippen LogP contribution in [0.25, 0.3) is 0 Å². The van der Waals surface area contributed by atoms with E-state index in [1.54, 1.807) is 30.6 Å². The standard InChI is InChI=1S/C33H38F7N3O4/c1-31(2,3)47-30(46)42-12-9-22(10-13-42)28(44)43-14-11-26(27(19-43)21-5-7-25(34)8-6-21)29(45)41(4)18-20-15-23(32(35,36)37)17-24(16-20)33(38,39)40/h5-8,15-17,22,26-27H,9-14,18-19H2,1-4H3. The number of likely N-dealkylation sites (tertiary alicyclic amines) is 2. The van der Waals surface area contributed by atoms with Crippen molar-refractivity contribution in [2.24, 2.45) is 11.8 Å². The van der Waals surface area contributed by atoms with Gasteiger partial charge in [0.15, 0.2) is 0 Å². The Bertz CT molecular complexity index is 1410. The van der Waals surface area contributed by atoms with Crippen molar-refractivity contribution in [3.63, 3.8) is 0 Å². The molecule has 0 aromatic heterocycles. The third-order valence-corrected chi connectivity index (χ3v) is 8.48. The van der Waals surface area contributed by atoms with E-state index in [0.717, 1.165) is 4.90 Å². The number of halogens is 7. The molecule has 0 N–H and O–H groups in total. The molecule has 2 atom stereocenters. The predicted molar refractivity (Wildman–Crippen MR) is 157 cm³/mol. The summed E-state index contributed by atoms with van der Waals surface area (Å²) in [5, 5.41) is 0. The zero-order valence-corrected chi connectivity index (χ0v) is 26.6. The summed E-state index contributed by atoms with van der Waals surface area (Å²) >= 11 is 0. The average Bonchev–Trinajstić information content (AvgIpc) is 2.98. The fourth-order valence-corrected chi connectivity index (χ4v) is 6.13. The van der Waals surface area contributed by atoms with Crippen molar-refractivity contribution in [1.82, 2.24) is 14.7 Å². The first-order chi connectivity index (χ1) is 21.7. The zero-order valence-electron chi connectivity index (χ0n) is 26.6. The number of ether oxygens (including phenoxy) is 1. The Morgan fingerprint density at radius 1 is 0.830 bits per heavy atom. The molecular formula is C33H38F7N3O4. The number of carbonyl (C=O) groups is 3. The van der Waals surface area contributed by atoms with Crippen molar-refractivity contribution in [1.29, 1.82) is 0 Å². The molecule has 3 amide bonds. The van der Waals surface area contributed by atoms with Crippen LogP contribution in [-0.4, -0.2) is 71.4 Å². The number of piperidine rings is 2. The molecule has 0 radical (unpaired) electrons. The van der Waals surface area contributed by atoms with Crippen molar-refractivity contribution in [3.8, 4) is 0 Å². The Hall–Kier alpha value is -3.84. The third kappa shape index (κ3) is 9.16. The number of alkyl halides is 6. The number of nitrogens with zero attached hydrogens (tertiary/aromatic N) is 3. The normalized spacial score (nSPS) is 19.8. The smallest absolute Gasteiger partial charge is 0.416 e. The molecule has 2 aliphatic rings. The summed E-state index contributed by atoms with van der Waals surface area (Å²) in [5.74, 6) is -2.96. The monoisotopic (exact) mass is 673 g/mol. The molecule has 14 heteroatoms. The highest BCUT2D eigenvalue weighted by atomic mass is 19.4. The Kier molecular flexibility index (Phi) is 10.5. The van der Waals surface area contributed by atoms with Gasteiger partial charge >= 0.3 is 18.4 Å². The number of rotatable bonds is 5. The van der Waals surface area contributed by atoms with Crippen LogP contribution in [0.15, 0.2) is 42.5 Å². The van der Waals surface area contributed by atoms with Gasteiger partial charge in [0.05, 0.1) is 11.1 Å². The fraction of sp³-hybridized carbons (Fsp3) is 0.545. The van der Waals surface area contributed by atoms with E-state index in [1.807, 2.05) is 0 Å². The Morgan fingerprint density at radius 2 is 1.36 bits per heavy atom. The summed E-state index contributed by atoms with van der Waals surface area (Å²) in [6, 6.07) is 6.64. The number of hydrogen-bond acceptors (Lipinski definition) is 4. The van der Waals surface area contributed by atoms with Crippen LogP contribution in [0, 0.1) is 17.7 Å². The van der Waals surface area contributed by atoms with Gasteiger partial charge in [-0.15, -0.1) is 0 Å². The van der Waals surface area contributed by atoms with Gasteiger partial charge in [-0.05, 0) is 81.5 Å². The first kappa shape index (κ1) is 36.0. The van der Waals surface area contributed by atoms with Gasteiger partial charge in [-0.1, -0.05) is 12.1 Å². The summed E-state index contributed by atoms with van der Waals surface area (Å²) in [4.78, 5) is 44.1.